The minimum absolute atomic E-state index is 0.0678. The molecule has 0 aliphatic rings. The average Bonchev–Trinajstić information content (AvgIpc) is 2.63. The standard InChI is InChI=1S/C21H12Cl2O4/c1-10-6-19-16(21(26)15-8-12(23)3-5-18(15)27-19)9-13(10)20(25)14-7-11(22)2-4-17(14)24/h2-9,24H,1H3. The Morgan fingerprint density at radius 3 is 2.33 bits per heavy atom. The van der Waals surface area contributed by atoms with E-state index in [0.717, 1.165) is 0 Å². The van der Waals surface area contributed by atoms with Gasteiger partial charge in [0, 0.05) is 15.6 Å². The van der Waals surface area contributed by atoms with Gasteiger partial charge in [-0.2, -0.15) is 0 Å². The van der Waals surface area contributed by atoms with E-state index >= 15 is 0 Å². The van der Waals surface area contributed by atoms with Crippen molar-refractivity contribution in [2.45, 2.75) is 6.92 Å². The van der Waals surface area contributed by atoms with Gasteiger partial charge in [0.1, 0.15) is 16.9 Å². The quantitative estimate of drug-likeness (QED) is 0.357. The molecule has 1 heterocycles. The van der Waals surface area contributed by atoms with E-state index in [4.69, 9.17) is 27.6 Å². The van der Waals surface area contributed by atoms with Crippen molar-refractivity contribution in [1.82, 2.24) is 0 Å². The van der Waals surface area contributed by atoms with Crippen molar-refractivity contribution in [2.24, 2.45) is 0 Å². The second kappa shape index (κ2) is 6.41. The smallest absolute Gasteiger partial charge is 0.200 e. The first-order valence-electron chi connectivity index (χ1n) is 8.05. The highest BCUT2D eigenvalue weighted by atomic mass is 35.5. The molecule has 0 aliphatic carbocycles. The zero-order valence-corrected chi connectivity index (χ0v) is 15.6. The van der Waals surface area contributed by atoms with Crippen molar-refractivity contribution in [3.05, 3.63) is 85.5 Å². The van der Waals surface area contributed by atoms with Crippen LogP contribution in [0.1, 0.15) is 21.5 Å². The number of fused-ring (bicyclic) bond motifs is 2. The van der Waals surface area contributed by atoms with Crippen LogP contribution >= 0.6 is 23.2 Å². The number of benzene rings is 3. The third-order valence-electron chi connectivity index (χ3n) is 4.43. The molecule has 0 bridgehead atoms. The second-order valence-corrected chi connectivity index (χ2v) is 7.10. The zero-order valence-electron chi connectivity index (χ0n) is 14.0. The summed E-state index contributed by atoms with van der Waals surface area (Å²) in [4.78, 5) is 25.8. The van der Waals surface area contributed by atoms with E-state index in [1.165, 1.54) is 30.3 Å². The molecule has 0 radical (unpaired) electrons. The molecule has 27 heavy (non-hydrogen) atoms. The lowest BCUT2D eigenvalue weighted by molar-refractivity contribution is 0.103. The van der Waals surface area contributed by atoms with Crippen LogP contribution < -0.4 is 5.43 Å². The Bertz CT molecular complexity index is 1310. The summed E-state index contributed by atoms with van der Waals surface area (Å²) in [6.45, 7) is 1.74. The van der Waals surface area contributed by atoms with Crippen LogP contribution in [0.3, 0.4) is 0 Å². The van der Waals surface area contributed by atoms with E-state index in [0.29, 0.717) is 32.2 Å². The number of phenols is 1. The number of halogens is 2. The van der Waals surface area contributed by atoms with Crippen LogP contribution in [0.15, 0.2) is 57.7 Å². The Balaban J connectivity index is 1.99. The fourth-order valence-electron chi connectivity index (χ4n) is 3.06. The number of hydrogen-bond donors (Lipinski definition) is 1. The highest BCUT2D eigenvalue weighted by Crippen LogP contribution is 2.28. The van der Waals surface area contributed by atoms with Crippen LogP contribution in [0.4, 0.5) is 0 Å². The largest absolute Gasteiger partial charge is 0.507 e. The molecule has 0 amide bonds. The zero-order chi connectivity index (χ0) is 19.3. The minimum atomic E-state index is -0.431. The topological polar surface area (TPSA) is 67.5 Å². The van der Waals surface area contributed by atoms with Crippen molar-refractivity contribution in [3.63, 3.8) is 0 Å². The van der Waals surface area contributed by atoms with Gasteiger partial charge in [-0.15, -0.1) is 0 Å². The molecule has 6 heteroatoms. The van der Waals surface area contributed by atoms with Crippen LogP contribution in [-0.2, 0) is 0 Å². The van der Waals surface area contributed by atoms with Crippen LogP contribution in [0.2, 0.25) is 10.0 Å². The molecule has 4 nitrogen and oxygen atoms in total. The van der Waals surface area contributed by atoms with Crippen LogP contribution in [-0.4, -0.2) is 10.9 Å². The predicted octanol–water partition coefficient (Wildman–Crippen LogP) is 5.50. The van der Waals surface area contributed by atoms with Gasteiger partial charge in [0.2, 0.25) is 5.43 Å². The molecule has 0 fully saturated rings. The maximum atomic E-state index is 12.9. The van der Waals surface area contributed by atoms with E-state index in [2.05, 4.69) is 0 Å². The van der Waals surface area contributed by atoms with Crippen LogP contribution in [0.25, 0.3) is 21.9 Å². The molecular formula is C21H12Cl2O4. The van der Waals surface area contributed by atoms with Gasteiger partial charge >= 0.3 is 0 Å². The third-order valence-corrected chi connectivity index (χ3v) is 4.90. The summed E-state index contributed by atoms with van der Waals surface area (Å²) in [7, 11) is 0. The van der Waals surface area contributed by atoms with Crippen molar-refractivity contribution in [2.75, 3.05) is 0 Å². The number of hydrogen-bond acceptors (Lipinski definition) is 4. The maximum Gasteiger partial charge on any atom is 0.200 e. The lowest BCUT2D eigenvalue weighted by Gasteiger charge is -2.09. The molecule has 0 spiro atoms. The van der Waals surface area contributed by atoms with Crippen LogP contribution in [0, 0.1) is 6.92 Å². The molecule has 0 saturated carbocycles. The highest BCUT2D eigenvalue weighted by Gasteiger charge is 2.19. The lowest BCUT2D eigenvalue weighted by atomic mass is 9.96. The number of carbonyl (C=O) groups excluding carboxylic acids is 1. The molecule has 4 rings (SSSR count). The van der Waals surface area contributed by atoms with E-state index in [9.17, 15) is 14.7 Å². The van der Waals surface area contributed by atoms with Gasteiger partial charge in [0.15, 0.2) is 5.78 Å². The number of carbonyl (C=O) groups is 1. The fraction of sp³-hybridized carbons (Fsp3) is 0.0476. The van der Waals surface area contributed by atoms with E-state index < -0.39 is 5.78 Å². The summed E-state index contributed by atoms with van der Waals surface area (Å²) in [6, 6.07) is 12.2. The summed E-state index contributed by atoms with van der Waals surface area (Å²) in [5.41, 5.74) is 1.48. The van der Waals surface area contributed by atoms with Gasteiger partial charge < -0.3 is 9.52 Å². The van der Waals surface area contributed by atoms with Crippen LogP contribution in [0.5, 0.6) is 5.75 Å². The van der Waals surface area contributed by atoms with Crippen molar-refractivity contribution >= 4 is 50.9 Å². The van der Waals surface area contributed by atoms with Gasteiger partial charge in [0.05, 0.1) is 16.3 Å². The molecule has 0 aliphatic heterocycles. The lowest BCUT2D eigenvalue weighted by Crippen LogP contribution is -2.08. The van der Waals surface area contributed by atoms with Gasteiger partial charge in [-0.3, -0.25) is 9.59 Å². The van der Waals surface area contributed by atoms with Crippen molar-refractivity contribution in [1.29, 1.82) is 0 Å². The molecule has 134 valence electrons. The Kier molecular flexibility index (Phi) is 4.17. The minimum Gasteiger partial charge on any atom is -0.507 e. The van der Waals surface area contributed by atoms with Crippen molar-refractivity contribution in [3.8, 4) is 5.75 Å². The fourth-order valence-corrected chi connectivity index (χ4v) is 3.40. The van der Waals surface area contributed by atoms with Gasteiger partial charge in [-0.05, 0) is 61.0 Å². The Labute approximate surface area is 163 Å². The maximum absolute atomic E-state index is 12.9. The number of phenolic OH excluding ortho intramolecular Hbond substituents is 1. The Morgan fingerprint density at radius 1 is 0.889 bits per heavy atom. The first-order valence-corrected chi connectivity index (χ1v) is 8.80. The van der Waals surface area contributed by atoms with Gasteiger partial charge in [-0.1, -0.05) is 23.2 Å². The number of aryl methyl sites for hydroxylation is 1. The normalized spacial score (nSPS) is 11.2. The van der Waals surface area contributed by atoms with Gasteiger partial charge in [-0.25, -0.2) is 0 Å². The molecule has 0 saturated heterocycles. The van der Waals surface area contributed by atoms with Crippen molar-refractivity contribution < 1.29 is 14.3 Å². The number of aromatic hydroxyl groups is 1. The first-order chi connectivity index (χ1) is 12.8. The summed E-state index contributed by atoms with van der Waals surface area (Å²) in [5, 5.41) is 11.4. The summed E-state index contributed by atoms with van der Waals surface area (Å²) in [5.74, 6) is -0.610. The first kappa shape index (κ1) is 17.6. The predicted molar refractivity (Wildman–Crippen MR) is 106 cm³/mol. The summed E-state index contributed by atoms with van der Waals surface area (Å²) >= 11 is 11.9. The molecule has 4 aromatic rings. The van der Waals surface area contributed by atoms with E-state index in [-0.39, 0.29) is 27.7 Å². The molecular weight excluding hydrogens is 387 g/mol. The average molecular weight is 399 g/mol. The third kappa shape index (κ3) is 2.97. The molecule has 0 unspecified atom stereocenters. The molecule has 3 aromatic carbocycles. The summed E-state index contributed by atoms with van der Waals surface area (Å²) in [6.07, 6.45) is 0. The monoisotopic (exact) mass is 398 g/mol. The second-order valence-electron chi connectivity index (χ2n) is 6.23. The SMILES string of the molecule is Cc1cc2oc3ccc(Cl)cc3c(=O)c2cc1C(=O)c1cc(Cl)ccc1O. The summed E-state index contributed by atoms with van der Waals surface area (Å²) < 4.78 is 5.81. The molecule has 1 aromatic heterocycles. The van der Waals surface area contributed by atoms with Gasteiger partial charge in [0.25, 0.3) is 0 Å². The van der Waals surface area contributed by atoms with E-state index in [1.807, 2.05) is 0 Å². The molecule has 0 atom stereocenters. The highest BCUT2D eigenvalue weighted by molar-refractivity contribution is 6.31. The molecule has 1 N–H and O–H groups in total. The Hall–Kier alpha value is -2.82. The van der Waals surface area contributed by atoms with E-state index in [1.54, 1.807) is 25.1 Å². The number of ketones is 1. The Morgan fingerprint density at radius 2 is 1.56 bits per heavy atom. The number of rotatable bonds is 2.